The van der Waals surface area contributed by atoms with Crippen molar-refractivity contribution < 1.29 is 13.9 Å². The summed E-state index contributed by atoms with van der Waals surface area (Å²) in [6, 6.07) is 6.01. The molecule has 0 radical (unpaired) electrons. The zero-order chi connectivity index (χ0) is 12.5. The van der Waals surface area contributed by atoms with Crippen molar-refractivity contribution in [2.45, 2.75) is 25.7 Å². The number of aldehydes is 1. The summed E-state index contributed by atoms with van der Waals surface area (Å²) < 4.78 is 10.7. The molecule has 0 fully saturated rings. The quantitative estimate of drug-likeness (QED) is 0.776. The molecule has 0 bridgehead atoms. The summed E-state index contributed by atoms with van der Waals surface area (Å²) in [5.74, 6) is 1.34. The molecule has 4 heteroatoms. The number of aromatic nitrogens is 1. The van der Waals surface area contributed by atoms with Gasteiger partial charge in [0.15, 0.2) is 6.29 Å². The lowest BCUT2D eigenvalue weighted by atomic mass is 10.0. The Morgan fingerprint density at radius 2 is 2.39 bits per heavy atom. The lowest BCUT2D eigenvalue weighted by Crippen LogP contribution is -1.92. The van der Waals surface area contributed by atoms with Crippen molar-refractivity contribution in [1.82, 2.24) is 4.98 Å². The molecule has 18 heavy (non-hydrogen) atoms. The first-order chi connectivity index (χ1) is 8.78. The van der Waals surface area contributed by atoms with Crippen LogP contribution in [0.5, 0.6) is 11.8 Å². The summed E-state index contributed by atoms with van der Waals surface area (Å²) in [5.41, 5.74) is 2.79. The first-order valence-electron chi connectivity index (χ1n) is 5.98. The molecule has 1 aliphatic rings. The molecule has 0 saturated carbocycles. The van der Waals surface area contributed by atoms with E-state index in [1.165, 1.54) is 17.4 Å². The van der Waals surface area contributed by atoms with E-state index in [4.69, 9.17) is 9.15 Å². The minimum Gasteiger partial charge on any atom is -0.416 e. The van der Waals surface area contributed by atoms with Gasteiger partial charge in [-0.1, -0.05) is 19.1 Å². The zero-order valence-corrected chi connectivity index (χ0v) is 10.1. The zero-order valence-electron chi connectivity index (χ0n) is 10.1. The summed E-state index contributed by atoms with van der Waals surface area (Å²) in [6.45, 7) is 2.21. The summed E-state index contributed by atoms with van der Waals surface area (Å²) in [7, 11) is 0. The predicted molar refractivity (Wildman–Crippen MR) is 65.1 cm³/mol. The molecule has 1 aromatic carbocycles. The highest BCUT2D eigenvalue weighted by Gasteiger charge is 2.22. The molecule has 0 spiro atoms. The monoisotopic (exact) mass is 243 g/mol. The van der Waals surface area contributed by atoms with E-state index in [0.717, 1.165) is 18.6 Å². The number of rotatable bonds is 3. The van der Waals surface area contributed by atoms with Crippen LogP contribution in [0.2, 0.25) is 0 Å². The average molecular weight is 243 g/mol. The van der Waals surface area contributed by atoms with E-state index in [2.05, 4.69) is 18.0 Å². The SMILES string of the molecule is CC1CCc2c(Oc3nc(C=O)co3)cccc21. The third-order valence-electron chi connectivity index (χ3n) is 3.35. The summed E-state index contributed by atoms with van der Waals surface area (Å²) >= 11 is 0. The normalized spacial score (nSPS) is 17.5. The fourth-order valence-corrected chi connectivity index (χ4v) is 2.39. The van der Waals surface area contributed by atoms with Crippen LogP contribution in [0.25, 0.3) is 0 Å². The molecular weight excluding hydrogens is 230 g/mol. The minimum atomic E-state index is 0.116. The van der Waals surface area contributed by atoms with Gasteiger partial charge in [0, 0.05) is 0 Å². The molecule has 3 rings (SSSR count). The summed E-state index contributed by atoms with van der Waals surface area (Å²) in [6.07, 6.45) is 4.18. The Hall–Kier alpha value is -2.10. The van der Waals surface area contributed by atoms with E-state index in [0.29, 0.717) is 12.2 Å². The maximum atomic E-state index is 10.5. The summed E-state index contributed by atoms with van der Waals surface area (Å²) in [4.78, 5) is 14.4. The first kappa shape index (κ1) is 11.0. The van der Waals surface area contributed by atoms with Crippen LogP contribution in [-0.4, -0.2) is 11.3 Å². The van der Waals surface area contributed by atoms with Gasteiger partial charge in [-0.15, -0.1) is 0 Å². The van der Waals surface area contributed by atoms with Crippen LogP contribution in [0.15, 0.2) is 28.9 Å². The van der Waals surface area contributed by atoms with Gasteiger partial charge in [-0.25, -0.2) is 0 Å². The van der Waals surface area contributed by atoms with E-state index in [9.17, 15) is 4.79 Å². The van der Waals surface area contributed by atoms with Crippen molar-refractivity contribution >= 4 is 6.29 Å². The van der Waals surface area contributed by atoms with E-state index in [1.807, 2.05) is 12.1 Å². The van der Waals surface area contributed by atoms with Gasteiger partial charge in [-0.2, -0.15) is 4.98 Å². The molecule has 0 amide bonds. The number of carbonyl (C=O) groups excluding carboxylic acids is 1. The van der Waals surface area contributed by atoms with E-state index >= 15 is 0 Å². The topological polar surface area (TPSA) is 52.3 Å². The Bertz CT molecular complexity index is 588. The van der Waals surface area contributed by atoms with Crippen molar-refractivity contribution in [2.24, 2.45) is 0 Å². The number of carbonyl (C=O) groups is 1. The Morgan fingerprint density at radius 3 is 3.17 bits per heavy atom. The van der Waals surface area contributed by atoms with Gasteiger partial charge < -0.3 is 9.15 Å². The fourth-order valence-electron chi connectivity index (χ4n) is 2.39. The highest BCUT2D eigenvalue weighted by molar-refractivity contribution is 5.70. The van der Waals surface area contributed by atoms with Crippen LogP contribution in [-0.2, 0) is 6.42 Å². The van der Waals surface area contributed by atoms with E-state index < -0.39 is 0 Å². The molecule has 1 aromatic heterocycles. The molecule has 1 unspecified atom stereocenters. The van der Waals surface area contributed by atoms with Crippen molar-refractivity contribution in [3.05, 3.63) is 41.3 Å². The van der Waals surface area contributed by atoms with Crippen LogP contribution in [0.1, 0.15) is 40.9 Å². The lowest BCUT2D eigenvalue weighted by Gasteiger charge is -2.08. The Kier molecular flexibility index (Phi) is 2.63. The number of ether oxygens (including phenoxy) is 1. The number of oxazole rings is 1. The van der Waals surface area contributed by atoms with Crippen LogP contribution in [0, 0.1) is 0 Å². The standard InChI is InChI=1S/C14H13NO3/c1-9-5-6-12-11(9)3-2-4-13(12)18-14-15-10(7-16)8-17-14/h2-4,7-9H,5-6H2,1H3. The highest BCUT2D eigenvalue weighted by atomic mass is 16.6. The molecule has 2 aromatic rings. The van der Waals surface area contributed by atoms with Gasteiger partial charge in [0.1, 0.15) is 17.7 Å². The van der Waals surface area contributed by atoms with Crippen LogP contribution >= 0.6 is 0 Å². The molecule has 0 saturated heterocycles. The third-order valence-corrected chi connectivity index (χ3v) is 3.35. The van der Waals surface area contributed by atoms with Crippen molar-refractivity contribution in [3.8, 4) is 11.8 Å². The largest absolute Gasteiger partial charge is 0.416 e. The van der Waals surface area contributed by atoms with Gasteiger partial charge in [0.05, 0.1) is 0 Å². The molecule has 4 nitrogen and oxygen atoms in total. The Morgan fingerprint density at radius 1 is 1.50 bits per heavy atom. The van der Waals surface area contributed by atoms with Gasteiger partial charge in [-0.3, -0.25) is 4.79 Å². The second-order valence-corrected chi connectivity index (χ2v) is 4.52. The molecule has 92 valence electrons. The smallest absolute Gasteiger partial charge is 0.399 e. The molecular formula is C14H13NO3. The molecule has 1 heterocycles. The second kappa shape index (κ2) is 4.29. The van der Waals surface area contributed by atoms with Crippen LogP contribution < -0.4 is 4.74 Å². The highest BCUT2D eigenvalue weighted by Crippen LogP contribution is 2.39. The second-order valence-electron chi connectivity index (χ2n) is 4.52. The fraction of sp³-hybridized carbons (Fsp3) is 0.286. The summed E-state index contributed by atoms with van der Waals surface area (Å²) in [5, 5.41) is 0. The number of nitrogens with zero attached hydrogens (tertiary/aromatic N) is 1. The maximum absolute atomic E-state index is 10.5. The number of hydrogen-bond acceptors (Lipinski definition) is 4. The lowest BCUT2D eigenvalue weighted by molar-refractivity contribution is 0.111. The van der Waals surface area contributed by atoms with Gasteiger partial charge in [-0.05, 0) is 36.0 Å². The number of hydrogen-bond donors (Lipinski definition) is 0. The van der Waals surface area contributed by atoms with E-state index in [-0.39, 0.29) is 11.8 Å². The van der Waals surface area contributed by atoms with Gasteiger partial charge in [0.2, 0.25) is 0 Å². The molecule has 0 aliphatic heterocycles. The molecule has 0 N–H and O–H groups in total. The van der Waals surface area contributed by atoms with Crippen LogP contribution in [0.3, 0.4) is 0 Å². The van der Waals surface area contributed by atoms with Crippen molar-refractivity contribution in [1.29, 1.82) is 0 Å². The Labute approximate surface area is 105 Å². The number of benzene rings is 1. The maximum Gasteiger partial charge on any atom is 0.399 e. The van der Waals surface area contributed by atoms with Crippen molar-refractivity contribution in [2.75, 3.05) is 0 Å². The molecule has 1 atom stereocenters. The van der Waals surface area contributed by atoms with Crippen LogP contribution in [0.4, 0.5) is 0 Å². The van der Waals surface area contributed by atoms with E-state index in [1.54, 1.807) is 0 Å². The third kappa shape index (κ3) is 1.79. The first-order valence-corrected chi connectivity index (χ1v) is 5.98. The average Bonchev–Trinajstić information content (AvgIpc) is 2.98. The minimum absolute atomic E-state index is 0.116. The Balaban J connectivity index is 1.91. The van der Waals surface area contributed by atoms with Crippen molar-refractivity contribution in [3.63, 3.8) is 0 Å². The van der Waals surface area contributed by atoms with Gasteiger partial charge in [0.25, 0.3) is 0 Å². The van der Waals surface area contributed by atoms with Gasteiger partial charge >= 0.3 is 6.08 Å². The predicted octanol–water partition coefficient (Wildman–Crippen LogP) is 3.33. The molecule has 1 aliphatic carbocycles. The number of fused-ring (bicyclic) bond motifs is 1.